The predicted molar refractivity (Wildman–Crippen MR) is 79.5 cm³/mol. The first-order valence-corrected chi connectivity index (χ1v) is 8.44. The first-order chi connectivity index (χ1) is 9.54. The van der Waals surface area contributed by atoms with Gasteiger partial charge in [-0.3, -0.25) is 4.79 Å². The molecule has 2 rings (SSSR count). The Bertz CT molecular complexity index is 517. The third-order valence-electron chi connectivity index (χ3n) is 3.44. The quantitative estimate of drug-likeness (QED) is 0.865. The summed E-state index contributed by atoms with van der Waals surface area (Å²) in [7, 11) is 0. The zero-order valence-corrected chi connectivity index (χ0v) is 13.3. The van der Waals surface area contributed by atoms with E-state index in [0.717, 1.165) is 41.5 Å². The second kappa shape index (κ2) is 6.55. The standard InChI is InChI=1S/C13H18N4OS2/c1-9(19-12-17-16-10(2)20-12)11(18)15-13(8-14)6-4-3-5-7-13/h9H,3-7H2,1-2H3,(H,15,18). The molecule has 1 atom stereocenters. The molecule has 0 aliphatic heterocycles. The summed E-state index contributed by atoms with van der Waals surface area (Å²) >= 11 is 2.87. The number of rotatable bonds is 4. The van der Waals surface area contributed by atoms with Gasteiger partial charge in [0, 0.05) is 0 Å². The van der Waals surface area contributed by atoms with Crippen molar-refractivity contribution in [2.24, 2.45) is 0 Å². The zero-order chi connectivity index (χ0) is 14.6. The summed E-state index contributed by atoms with van der Waals surface area (Å²) in [6.07, 6.45) is 4.67. The van der Waals surface area contributed by atoms with E-state index in [9.17, 15) is 10.1 Å². The summed E-state index contributed by atoms with van der Waals surface area (Å²) in [6, 6.07) is 2.30. The number of nitrogens with one attached hydrogen (secondary N) is 1. The maximum atomic E-state index is 12.3. The van der Waals surface area contributed by atoms with Crippen LogP contribution in [0.2, 0.25) is 0 Å². The number of aryl methyl sites for hydroxylation is 1. The molecular weight excluding hydrogens is 292 g/mol. The smallest absolute Gasteiger partial charge is 0.234 e. The normalized spacial score (nSPS) is 19.1. The van der Waals surface area contributed by atoms with E-state index in [1.165, 1.54) is 23.1 Å². The van der Waals surface area contributed by atoms with Crippen molar-refractivity contribution in [1.82, 2.24) is 15.5 Å². The van der Waals surface area contributed by atoms with Crippen LogP contribution in [0.3, 0.4) is 0 Å². The molecule has 1 amide bonds. The molecule has 1 heterocycles. The Morgan fingerprint density at radius 3 is 2.70 bits per heavy atom. The number of nitriles is 1. The van der Waals surface area contributed by atoms with Gasteiger partial charge in [0.15, 0.2) is 4.34 Å². The predicted octanol–water partition coefficient (Wildman–Crippen LogP) is 2.67. The van der Waals surface area contributed by atoms with Crippen molar-refractivity contribution in [3.05, 3.63) is 5.01 Å². The number of carbonyl (C=O) groups is 1. The molecule has 1 N–H and O–H groups in total. The Balaban J connectivity index is 1.94. The monoisotopic (exact) mass is 310 g/mol. The first-order valence-electron chi connectivity index (χ1n) is 6.75. The van der Waals surface area contributed by atoms with E-state index < -0.39 is 5.54 Å². The molecule has 1 aliphatic carbocycles. The van der Waals surface area contributed by atoms with E-state index in [2.05, 4.69) is 21.6 Å². The molecule has 1 aromatic rings. The SMILES string of the molecule is Cc1nnc(SC(C)C(=O)NC2(C#N)CCCCC2)s1. The highest BCUT2D eigenvalue weighted by Crippen LogP contribution is 2.30. The van der Waals surface area contributed by atoms with Gasteiger partial charge in [-0.1, -0.05) is 42.4 Å². The van der Waals surface area contributed by atoms with Gasteiger partial charge in [-0.25, -0.2) is 0 Å². The summed E-state index contributed by atoms with van der Waals surface area (Å²) in [5.74, 6) is -0.0914. The van der Waals surface area contributed by atoms with Gasteiger partial charge in [-0.2, -0.15) is 5.26 Å². The van der Waals surface area contributed by atoms with Crippen LogP contribution in [0.15, 0.2) is 4.34 Å². The van der Waals surface area contributed by atoms with E-state index in [1.54, 1.807) is 0 Å². The fourth-order valence-electron chi connectivity index (χ4n) is 2.29. The van der Waals surface area contributed by atoms with Crippen LogP contribution in [0.25, 0.3) is 0 Å². The first kappa shape index (κ1) is 15.3. The van der Waals surface area contributed by atoms with Crippen LogP contribution in [0.1, 0.15) is 44.0 Å². The fourth-order valence-corrected chi connectivity index (χ4v) is 4.25. The van der Waals surface area contributed by atoms with Crippen LogP contribution in [0.4, 0.5) is 0 Å². The van der Waals surface area contributed by atoms with Crippen molar-refractivity contribution in [2.75, 3.05) is 0 Å². The summed E-state index contributed by atoms with van der Waals surface area (Å²) in [5.41, 5.74) is -0.665. The lowest BCUT2D eigenvalue weighted by Gasteiger charge is -2.32. The third-order valence-corrected chi connectivity index (χ3v) is 5.46. The molecule has 1 unspecified atom stereocenters. The van der Waals surface area contributed by atoms with Crippen LogP contribution >= 0.6 is 23.1 Å². The van der Waals surface area contributed by atoms with Gasteiger partial charge < -0.3 is 5.32 Å². The Morgan fingerprint density at radius 2 is 2.15 bits per heavy atom. The largest absolute Gasteiger partial charge is 0.337 e. The van der Waals surface area contributed by atoms with Gasteiger partial charge in [-0.15, -0.1) is 10.2 Å². The topological polar surface area (TPSA) is 78.7 Å². The minimum Gasteiger partial charge on any atom is -0.337 e. The van der Waals surface area contributed by atoms with Crippen molar-refractivity contribution in [3.63, 3.8) is 0 Å². The van der Waals surface area contributed by atoms with Gasteiger partial charge in [-0.05, 0) is 26.7 Å². The van der Waals surface area contributed by atoms with Gasteiger partial charge in [0.05, 0.1) is 11.3 Å². The van der Waals surface area contributed by atoms with Crippen LogP contribution in [-0.4, -0.2) is 26.9 Å². The summed E-state index contributed by atoms with van der Waals surface area (Å²) in [4.78, 5) is 12.3. The van der Waals surface area contributed by atoms with Crippen molar-refractivity contribution < 1.29 is 4.79 Å². The van der Waals surface area contributed by atoms with Crippen molar-refractivity contribution in [3.8, 4) is 6.07 Å². The summed E-state index contributed by atoms with van der Waals surface area (Å²) in [5, 5.41) is 20.9. The number of amides is 1. The lowest BCUT2D eigenvalue weighted by molar-refractivity contribution is -0.121. The van der Waals surface area contributed by atoms with E-state index in [1.807, 2.05) is 13.8 Å². The number of hydrogen-bond donors (Lipinski definition) is 1. The summed E-state index contributed by atoms with van der Waals surface area (Å²) in [6.45, 7) is 3.73. The Hall–Kier alpha value is -1.13. The average Bonchev–Trinajstić information content (AvgIpc) is 2.85. The Kier molecular flexibility index (Phi) is 5.00. The lowest BCUT2D eigenvalue weighted by atomic mass is 9.83. The van der Waals surface area contributed by atoms with Crippen LogP contribution in [0.5, 0.6) is 0 Å². The Labute approximate surface area is 127 Å². The third kappa shape index (κ3) is 3.70. The van der Waals surface area contributed by atoms with Crippen LogP contribution in [0, 0.1) is 18.3 Å². The maximum Gasteiger partial charge on any atom is 0.234 e. The molecule has 1 saturated carbocycles. The van der Waals surface area contributed by atoms with Crippen molar-refractivity contribution in [2.45, 2.75) is 61.1 Å². The molecule has 20 heavy (non-hydrogen) atoms. The minimum absolute atomic E-state index is 0.0914. The highest BCUT2D eigenvalue weighted by atomic mass is 32.2. The van der Waals surface area contributed by atoms with Gasteiger partial charge >= 0.3 is 0 Å². The van der Waals surface area contributed by atoms with E-state index in [0.29, 0.717) is 0 Å². The van der Waals surface area contributed by atoms with Crippen molar-refractivity contribution in [1.29, 1.82) is 5.26 Å². The second-order valence-corrected chi connectivity index (χ2v) is 7.86. The number of hydrogen-bond acceptors (Lipinski definition) is 6. The van der Waals surface area contributed by atoms with Crippen molar-refractivity contribution >= 4 is 29.0 Å². The van der Waals surface area contributed by atoms with Gasteiger partial charge in [0.25, 0.3) is 0 Å². The van der Waals surface area contributed by atoms with Crippen LogP contribution < -0.4 is 5.32 Å². The fraction of sp³-hybridized carbons (Fsp3) is 0.692. The molecule has 108 valence electrons. The van der Waals surface area contributed by atoms with E-state index in [-0.39, 0.29) is 11.2 Å². The van der Waals surface area contributed by atoms with Gasteiger partial charge in [0.1, 0.15) is 10.5 Å². The average molecular weight is 310 g/mol. The molecule has 0 bridgehead atoms. The number of aromatic nitrogens is 2. The molecule has 1 fully saturated rings. The minimum atomic E-state index is -0.665. The molecule has 0 spiro atoms. The number of thioether (sulfide) groups is 1. The lowest BCUT2D eigenvalue weighted by Crippen LogP contribution is -2.50. The molecule has 7 heteroatoms. The second-order valence-electron chi connectivity index (χ2n) is 5.09. The van der Waals surface area contributed by atoms with Crippen LogP contribution in [-0.2, 0) is 4.79 Å². The van der Waals surface area contributed by atoms with Gasteiger partial charge in [0.2, 0.25) is 5.91 Å². The zero-order valence-electron chi connectivity index (χ0n) is 11.7. The highest BCUT2D eigenvalue weighted by molar-refractivity contribution is 8.02. The molecule has 0 radical (unpaired) electrons. The van der Waals surface area contributed by atoms with E-state index in [4.69, 9.17) is 0 Å². The Morgan fingerprint density at radius 1 is 1.45 bits per heavy atom. The summed E-state index contributed by atoms with van der Waals surface area (Å²) < 4.78 is 0.791. The molecule has 1 aliphatic rings. The molecule has 0 saturated heterocycles. The van der Waals surface area contributed by atoms with E-state index >= 15 is 0 Å². The molecule has 1 aromatic heterocycles. The highest BCUT2D eigenvalue weighted by Gasteiger charge is 2.35. The molecule has 0 aromatic carbocycles. The maximum absolute atomic E-state index is 12.3. The molecular formula is C13H18N4OS2. The number of carbonyl (C=O) groups excluding carboxylic acids is 1. The molecule has 5 nitrogen and oxygen atoms in total. The number of nitrogens with zero attached hydrogens (tertiary/aromatic N) is 3.